The van der Waals surface area contributed by atoms with E-state index in [-0.39, 0.29) is 51.0 Å². The molecule has 2 amide bonds. The summed E-state index contributed by atoms with van der Waals surface area (Å²) >= 11 is 0. The zero-order valence-corrected chi connectivity index (χ0v) is 19.5. The van der Waals surface area contributed by atoms with Crippen LogP contribution in [0.4, 0.5) is 4.79 Å². The second-order valence-corrected chi connectivity index (χ2v) is 8.09. The van der Waals surface area contributed by atoms with Gasteiger partial charge < -0.3 is 24.8 Å². The van der Waals surface area contributed by atoms with Gasteiger partial charge in [0.15, 0.2) is 0 Å². The first-order valence-corrected chi connectivity index (χ1v) is 11.7. The molecular weight excluding hydrogens is 436 g/mol. The fourth-order valence-corrected chi connectivity index (χ4v) is 4.17. The molecule has 0 unspecified atom stereocenters. The Hall–Kier alpha value is -3.39. The van der Waals surface area contributed by atoms with E-state index in [2.05, 4.69) is 29.6 Å². The molecule has 0 saturated heterocycles. The van der Waals surface area contributed by atoms with Crippen molar-refractivity contribution in [1.29, 1.82) is 0 Å². The Morgan fingerprint density at radius 2 is 1.62 bits per heavy atom. The lowest BCUT2D eigenvalue weighted by Crippen LogP contribution is -2.33. The van der Waals surface area contributed by atoms with Crippen molar-refractivity contribution < 1.29 is 29.0 Å². The van der Waals surface area contributed by atoms with Crippen LogP contribution in [0.25, 0.3) is 11.1 Å². The summed E-state index contributed by atoms with van der Waals surface area (Å²) in [4.78, 5) is 36.6. The van der Waals surface area contributed by atoms with Crippen molar-refractivity contribution in [3.8, 4) is 11.1 Å². The van der Waals surface area contributed by atoms with Crippen LogP contribution in [0.1, 0.15) is 43.2 Å². The number of carbonyl (C=O) groups is 3. The summed E-state index contributed by atoms with van der Waals surface area (Å²) in [6.07, 6.45) is 0.185. The Morgan fingerprint density at radius 3 is 2.24 bits per heavy atom. The van der Waals surface area contributed by atoms with Gasteiger partial charge in [0.1, 0.15) is 6.61 Å². The molecule has 1 aliphatic rings. The number of carboxylic acids is 1. The Labute approximate surface area is 199 Å². The molecule has 0 fully saturated rings. The summed E-state index contributed by atoms with van der Waals surface area (Å²) in [6, 6.07) is 16.3. The molecule has 2 aromatic carbocycles. The fraction of sp³-hybridized carbons (Fsp3) is 0.423. The standard InChI is InChI=1S/C26H32N2O6/c1-2-28(15-7-12-25(30)31)24(29)13-16-33-17-14-27-26(32)34-18-23-21-10-5-3-8-19(21)20-9-4-6-11-22(20)23/h3-6,8-11,23H,2,7,12-18H2,1H3,(H,27,32)(H,30,31). The molecule has 0 radical (unpaired) electrons. The third-order valence-electron chi connectivity index (χ3n) is 5.87. The van der Waals surface area contributed by atoms with E-state index >= 15 is 0 Å². The summed E-state index contributed by atoms with van der Waals surface area (Å²) in [5, 5.41) is 11.4. The fourth-order valence-electron chi connectivity index (χ4n) is 4.17. The third-order valence-corrected chi connectivity index (χ3v) is 5.87. The van der Waals surface area contributed by atoms with E-state index in [0.29, 0.717) is 19.5 Å². The van der Waals surface area contributed by atoms with E-state index in [1.807, 2.05) is 31.2 Å². The Bertz CT molecular complexity index is 947. The maximum atomic E-state index is 12.2. The van der Waals surface area contributed by atoms with Crippen LogP contribution in [0, 0.1) is 0 Å². The van der Waals surface area contributed by atoms with Gasteiger partial charge in [-0.25, -0.2) is 4.79 Å². The van der Waals surface area contributed by atoms with Crippen LogP contribution in [-0.4, -0.2) is 67.4 Å². The predicted molar refractivity (Wildman–Crippen MR) is 128 cm³/mol. The van der Waals surface area contributed by atoms with Gasteiger partial charge in [-0.15, -0.1) is 0 Å². The van der Waals surface area contributed by atoms with Crippen molar-refractivity contribution in [2.75, 3.05) is 39.5 Å². The van der Waals surface area contributed by atoms with Crippen LogP contribution < -0.4 is 5.32 Å². The zero-order valence-electron chi connectivity index (χ0n) is 19.5. The highest BCUT2D eigenvalue weighted by Gasteiger charge is 2.28. The lowest BCUT2D eigenvalue weighted by Gasteiger charge is -2.20. The molecule has 34 heavy (non-hydrogen) atoms. The Balaban J connectivity index is 1.32. The smallest absolute Gasteiger partial charge is 0.407 e. The summed E-state index contributed by atoms with van der Waals surface area (Å²) in [6.45, 7) is 3.85. The van der Waals surface area contributed by atoms with Gasteiger partial charge in [-0.2, -0.15) is 0 Å². The molecule has 0 saturated carbocycles. The molecule has 0 spiro atoms. The van der Waals surface area contributed by atoms with Gasteiger partial charge in [0, 0.05) is 32.0 Å². The summed E-state index contributed by atoms with van der Waals surface area (Å²) in [5.74, 6) is -0.925. The number of hydrogen-bond acceptors (Lipinski definition) is 5. The molecule has 0 bridgehead atoms. The molecule has 2 aromatic rings. The third kappa shape index (κ3) is 6.81. The highest BCUT2D eigenvalue weighted by atomic mass is 16.5. The number of alkyl carbamates (subject to hydrolysis) is 1. The van der Waals surface area contributed by atoms with Crippen LogP contribution in [0.5, 0.6) is 0 Å². The van der Waals surface area contributed by atoms with Gasteiger partial charge in [-0.05, 0) is 35.6 Å². The summed E-state index contributed by atoms with van der Waals surface area (Å²) in [7, 11) is 0. The van der Waals surface area contributed by atoms with Crippen LogP contribution >= 0.6 is 0 Å². The van der Waals surface area contributed by atoms with Crippen molar-refractivity contribution in [2.24, 2.45) is 0 Å². The average molecular weight is 469 g/mol. The molecule has 0 aromatic heterocycles. The van der Waals surface area contributed by atoms with E-state index in [0.717, 1.165) is 11.1 Å². The number of aliphatic carboxylic acids is 1. The lowest BCUT2D eigenvalue weighted by molar-refractivity contribution is -0.138. The number of nitrogens with zero attached hydrogens (tertiary/aromatic N) is 1. The van der Waals surface area contributed by atoms with Gasteiger partial charge in [0.25, 0.3) is 0 Å². The quantitative estimate of drug-likeness (QED) is 0.435. The molecule has 2 N–H and O–H groups in total. The van der Waals surface area contributed by atoms with E-state index in [1.165, 1.54) is 11.1 Å². The summed E-state index contributed by atoms with van der Waals surface area (Å²) in [5.41, 5.74) is 4.68. The number of benzene rings is 2. The highest BCUT2D eigenvalue weighted by Crippen LogP contribution is 2.44. The molecule has 1 aliphatic carbocycles. The molecule has 0 atom stereocenters. The molecule has 0 aliphatic heterocycles. The SMILES string of the molecule is CCN(CCCC(=O)O)C(=O)CCOCCNC(=O)OCC1c2ccccc2-c2ccccc21. The molecule has 182 valence electrons. The first-order chi connectivity index (χ1) is 16.5. The molecular formula is C26H32N2O6. The van der Waals surface area contributed by atoms with Crippen molar-refractivity contribution >= 4 is 18.0 Å². The number of fused-ring (bicyclic) bond motifs is 3. The van der Waals surface area contributed by atoms with E-state index in [4.69, 9.17) is 14.6 Å². The number of ether oxygens (including phenoxy) is 2. The van der Waals surface area contributed by atoms with Crippen LogP contribution in [0.2, 0.25) is 0 Å². The predicted octanol–water partition coefficient (Wildman–Crippen LogP) is 3.65. The number of carbonyl (C=O) groups excluding carboxylic acids is 2. The van der Waals surface area contributed by atoms with Gasteiger partial charge in [-0.3, -0.25) is 9.59 Å². The van der Waals surface area contributed by atoms with Gasteiger partial charge >= 0.3 is 12.1 Å². The van der Waals surface area contributed by atoms with E-state index < -0.39 is 12.1 Å². The second-order valence-electron chi connectivity index (χ2n) is 8.09. The van der Waals surface area contributed by atoms with Gasteiger partial charge in [-0.1, -0.05) is 48.5 Å². The normalized spacial score (nSPS) is 12.0. The highest BCUT2D eigenvalue weighted by molar-refractivity contribution is 5.79. The van der Waals surface area contributed by atoms with Crippen molar-refractivity contribution in [3.05, 3.63) is 59.7 Å². The number of carboxylic acid groups (broad SMARTS) is 1. The number of rotatable bonds is 13. The Morgan fingerprint density at radius 1 is 0.971 bits per heavy atom. The van der Waals surface area contributed by atoms with Crippen LogP contribution in [0.3, 0.4) is 0 Å². The minimum absolute atomic E-state index is 0.0115. The molecule has 3 rings (SSSR count). The second kappa shape index (κ2) is 12.7. The maximum absolute atomic E-state index is 12.2. The van der Waals surface area contributed by atoms with E-state index in [9.17, 15) is 14.4 Å². The number of hydrogen-bond donors (Lipinski definition) is 2. The van der Waals surface area contributed by atoms with Gasteiger partial charge in [0.2, 0.25) is 5.91 Å². The van der Waals surface area contributed by atoms with Crippen LogP contribution in [-0.2, 0) is 19.1 Å². The first kappa shape index (κ1) is 25.2. The topological polar surface area (TPSA) is 105 Å². The Kier molecular flexibility index (Phi) is 9.46. The lowest BCUT2D eigenvalue weighted by atomic mass is 9.98. The van der Waals surface area contributed by atoms with Crippen LogP contribution in [0.15, 0.2) is 48.5 Å². The molecule has 8 heteroatoms. The maximum Gasteiger partial charge on any atom is 0.407 e. The zero-order chi connectivity index (χ0) is 24.3. The first-order valence-electron chi connectivity index (χ1n) is 11.7. The van der Waals surface area contributed by atoms with Crippen molar-refractivity contribution in [3.63, 3.8) is 0 Å². The van der Waals surface area contributed by atoms with Crippen molar-refractivity contribution in [2.45, 2.75) is 32.1 Å². The largest absolute Gasteiger partial charge is 0.481 e. The monoisotopic (exact) mass is 468 g/mol. The minimum Gasteiger partial charge on any atom is -0.481 e. The van der Waals surface area contributed by atoms with Crippen molar-refractivity contribution in [1.82, 2.24) is 10.2 Å². The number of amides is 2. The molecule has 0 heterocycles. The van der Waals surface area contributed by atoms with Gasteiger partial charge in [0.05, 0.1) is 19.6 Å². The number of nitrogens with one attached hydrogen (secondary N) is 1. The molecule has 8 nitrogen and oxygen atoms in total. The van der Waals surface area contributed by atoms with E-state index in [1.54, 1.807) is 4.90 Å². The summed E-state index contributed by atoms with van der Waals surface area (Å²) < 4.78 is 10.9. The minimum atomic E-state index is -0.865. The average Bonchev–Trinajstić information content (AvgIpc) is 3.16.